The van der Waals surface area contributed by atoms with Gasteiger partial charge in [0.2, 0.25) is 12.2 Å². The molecule has 104 valence electrons. The van der Waals surface area contributed by atoms with Gasteiger partial charge >= 0.3 is 0 Å². The molecule has 0 heterocycles. The SMILES string of the molecule is C[C@H](N/C(=N\C#N)Nc1ccc(C#N)cc1)C(C)(C)C. The van der Waals surface area contributed by atoms with Crippen LogP contribution >= 0.6 is 0 Å². The van der Waals surface area contributed by atoms with E-state index in [-0.39, 0.29) is 11.5 Å². The van der Waals surface area contributed by atoms with E-state index < -0.39 is 0 Å². The Kier molecular flexibility index (Phi) is 5.11. The molecule has 0 aliphatic carbocycles. The Bertz CT molecular complexity index is 552. The lowest BCUT2D eigenvalue weighted by molar-refractivity contribution is 0.316. The molecule has 1 rings (SSSR count). The number of hydrogen-bond donors (Lipinski definition) is 2. The van der Waals surface area contributed by atoms with E-state index in [2.05, 4.69) is 42.5 Å². The molecular weight excluding hydrogens is 250 g/mol. The van der Waals surface area contributed by atoms with Crippen molar-refractivity contribution in [1.29, 1.82) is 10.5 Å². The van der Waals surface area contributed by atoms with Gasteiger partial charge in [0.25, 0.3) is 0 Å². The van der Waals surface area contributed by atoms with Crippen molar-refractivity contribution >= 4 is 11.6 Å². The molecule has 0 saturated heterocycles. The molecule has 20 heavy (non-hydrogen) atoms. The van der Waals surface area contributed by atoms with Crippen molar-refractivity contribution in [1.82, 2.24) is 5.32 Å². The molecule has 2 N–H and O–H groups in total. The summed E-state index contributed by atoms with van der Waals surface area (Å²) in [5.41, 5.74) is 1.40. The standard InChI is InChI=1S/C15H19N5/c1-11(15(2,3)4)19-14(18-10-17)20-13-7-5-12(9-16)6-8-13/h5-8,11H,1-4H3,(H2,18,19,20)/t11-/m0/s1. The fourth-order valence-electron chi connectivity index (χ4n) is 1.33. The molecule has 0 amide bonds. The average molecular weight is 269 g/mol. The maximum atomic E-state index is 8.75. The van der Waals surface area contributed by atoms with E-state index in [1.54, 1.807) is 30.5 Å². The van der Waals surface area contributed by atoms with Crippen molar-refractivity contribution in [3.63, 3.8) is 0 Å². The predicted octanol–water partition coefficient (Wildman–Crippen LogP) is 2.83. The van der Waals surface area contributed by atoms with E-state index in [4.69, 9.17) is 10.5 Å². The summed E-state index contributed by atoms with van der Waals surface area (Å²) in [5, 5.41) is 23.7. The van der Waals surface area contributed by atoms with Crippen LogP contribution in [0, 0.1) is 28.2 Å². The van der Waals surface area contributed by atoms with E-state index in [0.29, 0.717) is 11.5 Å². The van der Waals surface area contributed by atoms with E-state index in [9.17, 15) is 0 Å². The van der Waals surface area contributed by atoms with Gasteiger partial charge in [0.05, 0.1) is 11.6 Å². The highest BCUT2D eigenvalue weighted by atomic mass is 15.2. The minimum absolute atomic E-state index is 0.0442. The molecule has 5 nitrogen and oxygen atoms in total. The van der Waals surface area contributed by atoms with Crippen LogP contribution in [0.2, 0.25) is 0 Å². The van der Waals surface area contributed by atoms with Gasteiger partial charge in [0.1, 0.15) is 0 Å². The summed E-state index contributed by atoms with van der Waals surface area (Å²) in [6, 6.07) is 9.16. The molecule has 1 aromatic rings. The molecule has 0 aromatic heterocycles. The summed E-state index contributed by atoms with van der Waals surface area (Å²) < 4.78 is 0. The molecule has 0 aliphatic rings. The Morgan fingerprint density at radius 2 is 1.80 bits per heavy atom. The maximum absolute atomic E-state index is 8.75. The van der Waals surface area contributed by atoms with Gasteiger partial charge in [-0.2, -0.15) is 10.5 Å². The molecule has 0 unspecified atom stereocenters. The van der Waals surface area contributed by atoms with E-state index in [0.717, 1.165) is 5.69 Å². The summed E-state index contributed by atoms with van der Waals surface area (Å²) in [6.07, 6.45) is 1.78. The predicted molar refractivity (Wildman–Crippen MR) is 79.9 cm³/mol. The smallest absolute Gasteiger partial charge is 0.211 e. The fourth-order valence-corrected chi connectivity index (χ4v) is 1.33. The zero-order chi connectivity index (χ0) is 15.2. The number of anilines is 1. The fraction of sp³-hybridized carbons (Fsp3) is 0.400. The number of nitriles is 2. The van der Waals surface area contributed by atoms with E-state index in [1.807, 2.05) is 6.92 Å². The highest BCUT2D eigenvalue weighted by Gasteiger charge is 2.21. The lowest BCUT2D eigenvalue weighted by atomic mass is 9.88. The van der Waals surface area contributed by atoms with Gasteiger partial charge in [0, 0.05) is 11.7 Å². The Morgan fingerprint density at radius 3 is 2.25 bits per heavy atom. The highest BCUT2D eigenvalue weighted by Crippen LogP contribution is 2.18. The van der Waals surface area contributed by atoms with Crippen molar-refractivity contribution in [2.75, 3.05) is 5.32 Å². The quantitative estimate of drug-likeness (QED) is 0.491. The molecule has 0 saturated carbocycles. The number of nitrogens with one attached hydrogen (secondary N) is 2. The van der Waals surface area contributed by atoms with Crippen LogP contribution in [0.5, 0.6) is 0 Å². The number of benzene rings is 1. The van der Waals surface area contributed by atoms with Gasteiger partial charge in [-0.05, 0) is 36.6 Å². The van der Waals surface area contributed by atoms with Crippen LogP contribution in [-0.4, -0.2) is 12.0 Å². The van der Waals surface area contributed by atoms with Crippen LogP contribution in [0.15, 0.2) is 29.3 Å². The number of guanidine groups is 1. The largest absolute Gasteiger partial charge is 0.352 e. The molecule has 0 radical (unpaired) electrons. The third-order valence-electron chi connectivity index (χ3n) is 3.09. The molecular formula is C15H19N5. The van der Waals surface area contributed by atoms with E-state index >= 15 is 0 Å². The Hall–Kier alpha value is -2.53. The van der Waals surface area contributed by atoms with Gasteiger partial charge in [-0.15, -0.1) is 4.99 Å². The zero-order valence-electron chi connectivity index (χ0n) is 12.2. The topological polar surface area (TPSA) is 84.0 Å². The lowest BCUT2D eigenvalue weighted by Crippen LogP contribution is -2.44. The first-order valence-electron chi connectivity index (χ1n) is 6.37. The summed E-state index contributed by atoms with van der Waals surface area (Å²) >= 11 is 0. The Balaban J connectivity index is 2.81. The maximum Gasteiger partial charge on any atom is 0.211 e. The zero-order valence-corrected chi connectivity index (χ0v) is 12.2. The monoisotopic (exact) mass is 269 g/mol. The van der Waals surface area contributed by atoms with Crippen molar-refractivity contribution in [3.8, 4) is 12.3 Å². The molecule has 1 atom stereocenters. The van der Waals surface area contributed by atoms with Crippen LogP contribution in [0.1, 0.15) is 33.3 Å². The van der Waals surface area contributed by atoms with Crippen LogP contribution in [0.4, 0.5) is 5.69 Å². The van der Waals surface area contributed by atoms with Crippen LogP contribution in [0.3, 0.4) is 0 Å². The summed E-state index contributed by atoms with van der Waals surface area (Å²) in [7, 11) is 0. The van der Waals surface area contributed by atoms with Gasteiger partial charge in [-0.1, -0.05) is 20.8 Å². The highest BCUT2D eigenvalue weighted by molar-refractivity contribution is 5.94. The summed E-state index contributed by atoms with van der Waals surface area (Å²) in [5.74, 6) is 0.402. The first-order valence-corrected chi connectivity index (χ1v) is 6.37. The third-order valence-corrected chi connectivity index (χ3v) is 3.09. The first-order chi connectivity index (χ1) is 9.36. The average Bonchev–Trinajstić information content (AvgIpc) is 2.38. The lowest BCUT2D eigenvalue weighted by Gasteiger charge is -2.29. The van der Waals surface area contributed by atoms with Gasteiger partial charge in [-0.25, -0.2) is 0 Å². The summed E-state index contributed by atoms with van der Waals surface area (Å²) in [6.45, 7) is 8.36. The van der Waals surface area contributed by atoms with Gasteiger partial charge < -0.3 is 10.6 Å². The third kappa shape index (κ3) is 4.62. The van der Waals surface area contributed by atoms with Crippen molar-refractivity contribution < 1.29 is 0 Å². The Labute approximate surface area is 119 Å². The van der Waals surface area contributed by atoms with Crippen LogP contribution < -0.4 is 10.6 Å². The van der Waals surface area contributed by atoms with Crippen molar-refractivity contribution in [2.45, 2.75) is 33.7 Å². The van der Waals surface area contributed by atoms with E-state index in [1.165, 1.54) is 0 Å². The Morgan fingerprint density at radius 1 is 1.20 bits per heavy atom. The number of aliphatic imine (C=N–C) groups is 1. The second kappa shape index (κ2) is 6.58. The molecule has 5 heteroatoms. The molecule has 0 fully saturated rings. The number of hydrogen-bond acceptors (Lipinski definition) is 3. The van der Waals surface area contributed by atoms with Crippen LogP contribution in [0.25, 0.3) is 0 Å². The number of rotatable bonds is 2. The van der Waals surface area contributed by atoms with Crippen molar-refractivity contribution in [3.05, 3.63) is 29.8 Å². The first kappa shape index (κ1) is 15.5. The van der Waals surface area contributed by atoms with Gasteiger partial charge in [-0.3, -0.25) is 0 Å². The van der Waals surface area contributed by atoms with Gasteiger partial charge in [0.15, 0.2) is 0 Å². The van der Waals surface area contributed by atoms with Crippen LogP contribution in [-0.2, 0) is 0 Å². The molecule has 0 spiro atoms. The second-order valence-electron chi connectivity index (χ2n) is 5.61. The molecule has 1 aromatic carbocycles. The summed E-state index contributed by atoms with van der Waals surface area (Å²) in [4.78, 5) is 3.75. The molecule has 0 bridgehead atoms. The van der Waals surface area contributed by atoms with Crippen molar-refractivity contribution in [2.24, 2.45) is 10.4 Å². The minimum atomic E-state index is 0.0442. The normalized spacial score (nSPS) is 13.0. The minimum Gasteiger partial charge on any atom is -0.352 e. The second-order valence-corrected chi connectivity index (χ2v) is 5.61. The number of nitrogens with zero attached hydrogens (tertiary/aromatic N) is 3. The molecule has 0 aliphatic heterocycles.